The van der Waals surface area contributed by atoms with E-state index in [9.17, 15) is 4.79 Å². The lowest BCUT2D eigenvalue weighted by Gasteiger charge is -2.08. The van der Waals surface area contributed by atoms with E-state index < -0.39 is 0 Å². The number of carbonyl (C=O) groups excluding carboxylic acids is 1. The fourth-order valence-electron chi connectivity index (χ4n) is 2.96. The third-order valence-corrected chi connectivity index (χ3v) is 4.23. The fraction of sp³-hybridized carbons (Fsp3) is 0.100. The van der Waals surface area contributed by atoms with Gasteiger partial charge in [0.25, 0.3) is 5.91 Å². The Bertz CT molecular complexity index is 1010. The van der Waals surface area contributed by atoms with Gasteiger partial charge >= 0.3 is 0 Å². The number of hydrogen-bond acceptors (Lipinski definition) is 2. The van der Waals surface area contributed by atoms with Crippen molar-refractivity contribution in [2.24, 2.45) is 0 Å². The molecule has 4 aromatic rings. The smallest absolute Gasteiger partial charge is 0.257 e. The molecule has 0 unspecified atom stereocenters. The molecule has 0 aliphatic rings. The Labute approximate surface area is 145 Å². The molecule has 124 valence electrons. The van der Waals surface area contributed by atoms with Crippen LogP contribution in [0.1, 0.15) is 17.3 Å². The summed E-state index contributed by atoms with van der Waals surface area (Å²) in [5.41, 5.74) is 3.51. The quantitative estimate of drug-likeness (QED) is 0.612. The van der Waals surface area contributed by atoms with Crippen LogP contribution in [-0.2, 0) is 6.54 Å². The average Bonchev–Trinajstić information content (AvgIpc) is 3.29. The third-order valence-electron chi connectivity index (χ3n) is 4.23. The number of carbonyl (C=O) groups is 1. The van der Waals surface area contributed by atoms with Gasteiger partial charge in [-0.25, -0.2) is 4.98 Å². The summed E-state index contributed by atoms with van der Waals surface area (Å²) < 4.78 is 4.00. The van der Waals surface area contributed by atoms with Crippen molar-refractivity contribution in [1.82, 2.24) is 14.1 Å². The van der Waals surface area contributed by atoms with E-state index in [2.05, 4.69) is 10.3 Å². The van der Waals surface area contributed by atoms with Crippen LogP contribution in [0.25, 0.3) is 16.7 Å². The van der Waals surface area contributed by atoms with Crippen molar-refractivity contribution in [3.63, 3.8) is 0 Å². The summed E-state index contributed by atoms with van der Waals surface area (Å²) in [4.78, 5) is 17.1. The molecule has 0 radical (unpaired) electrons. The average molecular weight is 330 g/mol. The van der Waals surface area contributed by atoms with Gasteiger partial charge in [-0.05, 0) is 55.5 Å². The van der Waals surface area contributed by atoms with Crippen molar-refractivity contribution in [2.45, 2.75) is 13.5 Å². The SMILES string of the molecule is CCn1c(NC(=O)c2ccc(-n3cccc3)cc2)nc2ccccc21. The summed E-state index contributed by atoms with van der Waals surface area (Å²) in [5, 5.41) is 2.93. The van der Waals surface area contributed by atoms with Crippen molar-refractivity contribution in [3.05, 3.63) is 78.6 Å². The number of aryl methyl sites for hydroxylation is 1. The molecule has 0 saturated carbocycles. The number of anilines is 1. The second-order valence-electron chi connectivity index (χ2n) is 5.76. The topological polar surface area (TPSA) is 51.9 Å². The summed E-state index contributed by atoms with van der Waals surface area (Å²) in [6.07, 6.45) is 3.94. The molecule has 25 heavy (non-hydrogen) atoms. The number of nitrogens with zero attached hydrogens (tertiary/aromatic N) is 3. The van der Waals surface area contributed by atoms with Crippen LogP contribution in [0.15, 0.2) is 73.1 Å². The van der Waals surface area contributed by atoms with Gasteiger partial charge in [0.2, 0.25) is 5.95 Å². The van der Waals surface area contributed by atoms with E-state index in [4.69, 9.17) is 0 Å². The van der Waals surface area contributed by atoms with Crippen molar-refractivity contribution in [1.29, 1.82) is 0 Å². The molecule has 5 nitrogen and oxygen atoms in total. The van der Waals surface area contributed by atoms with Gasteiger partial charge in [-0.15, -0.1) is 0 Å². The summed E-state index contributed by atoms with van der Waals surface area (Å²) in [7, 11) is 0. The minimum atomic E-state index is -0.163. The predicted molar refractivity (Wildman–Crippen MR) is 99.1 cm³/mol. The van der Waals surface area contributed by atoms with Gasteiger partial charge in [-0.1, -0.05) is 12.1 Å². The summed E-state index contributed by atoms with van der Waals surface area (Å²) in [6, 6.07) is 19.3. The van der Waals surface area contributed by atoms with E-state index in [0.717, 1.165) is 23.3 Å². The molecule has 2 aromatic heterocycles. The molecule has 0 atom stereocenters. The zero-order valence-electron chi connectivity index (χ0n) is 13.9. The van der Waals surface area contributed by atoms with E-state index in [1.807, 2.05) is 89.1 Å². The molecular weight excluding hydrogens is 312 g/mol. The molecule has 0 spiro atoms. The number of aromatic nitrogens is 3. The maximum absolute atomic E-state index is 12.6. The Morgan fingerprint density at radius 3 is 2.44 bits per heavy atom. The van der Waals surface area contributed by atoms with Crippen molar-refractivity contribution < 1.29 is 4.79 Å². The molecule has 0 bridgehead atoms. The van der Waals surface area contributed by atoms with Crippen molar-refractivity contribution >= 4 is 22.9 Å². The zero-order chi connectivity index (χ0) is 17.2. The van der Waals surface area contributed by atoms with E-state index in [-0.39, 0.29) is 5.91 Å². The van der Waals surface area contributed by atoms with E-state index >= 15 is 0 Å². The summed E-state index contributed by atoms with van der Waals surface area (Å²) in [5.74, 6) is 0.409. The number of amides is 1. The van der Waals surface area contributed by atoms with Gasteiger partial charge in [0, 0.05) is 30.2 Å². The van der Waals surface area contributed by atoms with E-state index in [0.29, 0.717) is 11.5 Å². The number of rotatable bonds is 4. The highest BCUT2D eigenvalue weighted by atomic mass is 16.1. The fourth-order valence-corrected chi connectivity index (χ4v) is 2.96. The Morgan fingerprint density at radius 2 is 1.72 bits per heavy atom. The van der Waals surface area contributed by atoms with E-state index in [1.54, 1.807) is 0 Å². The lowest BCUT2D eigenvalue weighted by atomic mass is 10.2. The van der Waals surface area contributed by atoms with Gasteiger partial charge < -0.3 is 9.13 Å². The molecule has 0 saturated heterocycles. The number of hydrogen-bond donors (Lipinski definition) is 1. The Balaban J connectivity index is 1.60. The predicted octanol–water partition coefficient (Wildman–Crippen LogP) is 4.10. The first-order chi connectivity index (χ1) is 12.3. The number of nitrogens with one attached hydrogen (secondary N) is 1. The van der Waals surface area contributed by atoms with E-state index in [1.165, 1.54) is 0 Å². The highest BCUT2D eigenvalue weighted by Gasteiger charge is 2.13. The minimum absolute atomic E-state index is 0.163. The molecule has 5 heteroatoms. The standard InChI is InChI=1S/C20H18N4O/c1-2-24-18-8-4-3-7-17(18)21-20(24)22-19(25)15-9-11-16(12-10-15)23-13-5-6-14-23/h3-14H,2H2,1H3,(H,21,22,25). The van der Waals surface area contributed by atoms with Crippen LogP contribution in [-0.4, -0.2) is 20.0 Å². The zero-order valence-corrected chi connectivity index (χ0v) is 13.9. The van der Waals surface area contributed by atoms with Crippen molar-refractivity contribution in [3.8, 4) is 5.69 Å². The number of para-hydroxylation sites is 2. The first-order valence-corrected chi connectivity index (χ1v) is 8.26. The maximum atomic E-state index is 12.6. The normalized spacial score (nSPS) is 10.9. The van der Waals surface area contributed by atoms with Crippen LogP contribution >= 0.6 is 0 Å². The lowest BCUT2D eigenvalue weighted by Crippen LogP contribution is -2.15. The largest absolute Gasteiger partial charge is 0.324 e. The number of imidazole rings is 1. The Hall–Kier alpha value is -3.34. The van der Waals surface area contributed by atoms with Gasteiger partial charge in [-0.2, -0.15) is 0 Å². The van der Waals surface area contributed by atoms with Crippen LogP contribution in [0, 0.1) is 0 Å². The first kappa shape index (κ1) is 15.2. The minimum Gasteiger partial charge on any atom is -0.324 e. The maximum Gasteiger partial charge on any atom is 0.257 e. The summed E-state index contributed by atoms with van der Waals surface area (Å²) in [6.45, 7) is 2.78. The second-order valence-corrected chi connectivity index (χ2v) is 5.76. The molecule has 0 aliphatic heterocycles. The van der Waals surface area contributed by atoms with Gasteiger partial charge in [0.15, 0.2) is 0 Å². The molecule has 2 aromatic carbocycles. The molecule has 0 fully saturated rings. The van der Waals surface area contributed by atoms with Gasteiger partial charge in [0.1, 0.15) is 0 Å². The highest BCUT2D eigenvalue weighted by molar-refractivity contribution is 6.04. The molecule has 1 N–H and O–H groups in total. The van der Waals surface area contributed by atoms with Gasteiger partial charge in [0.05, 0.1) is 11.0 Å². The third kappa shape index (κ3) is 2.80. The van der Waals surface area contributed by atoms with Gasteiger partial charge in [-0.3, -0.25) is 10.1 Å². The van der Waals surface area contributed by atoms with Crippen LogP contribution in [0.2, 0.25) is 0 Å². The first-order valence-electron chi connectivity index (χ1n) is 8.26. The highest BCUT2D eigenvalue weighted by Crippen LogP contribution is 2.20. The lowest BCUT2D eigenvalue weighted by molar-refractivity contribution is 0.102. The summed E-state index contributed by atoms with van der Waals surface area (Å²) >= 11 is 0. The molecule has 1 amide bonds. The molecule has 4 rings (SSSR count). The van der Waals surface area contributed by atoms with Crippen LogP contribution in [0.3, 0.4) is 0 Å². The Morgan fingerprint density at radius 1 is 1.00 bits per heavy atom. The second kappa shape index (κ2) is 6.28. The van der Waals surface area contributed by atoms with Crippen LogP contribution in [0.4, 0.5) is 5.95 Å². The molecule has 2 heterocycles. The molecular formula is C20H18N4O. The number of fused-ring (bicyclic) bond motifs is 1. The Kier molecular flexibility index (Phi) is 3.82. The monoisotopic (exact) mass is 330 g/mol. The van der Waals surface area contributed by atoms with Crippen LogP contribution in [0.5, 0.6) is 0 Å². The van der Waals surface area contributed by atoms with Crippen LogP contribution < -0.4 is 5.32 Å². The number of benzene rings is 2. The molecule has 0 aliphatic carbocycles. The van der Waals surface area contributed by atoms with Crippen molar-refractivity contribution in [2.75, 3.05) is 5.32 Å².